The van der Waals surface area contributed by atoms with E-state index in [2.05, 4.69) is 13.2 Å². The fourth-order valence-corrected chi connectivity index (χ4v) is 0.672. The van der Waals surface area contributed by atoms with Gasteiger partial charge in [-0.3, -0.25) is 4.79 Å². The van der Waals surface area contributed by atoms with Gasteiger partial charge < -0.3 is 5.73 Å². The number of primary amides is 1. The highest BCUT2D eigenvalue weighted by molar-refractivity contribution is 5.74. The van der Waals surface area contributed by atoms with Crippen LogP contribution in [0.15, 0.2) is 37.0 Å². The van der Waals surface area contributed by atoms with E-state index in [0.717, 1.165) is 5.57 Å². The summed E-state index contributed by atoms with van der Waals surface area (Å²) in [5, 5.41) is 0. The third-order valence-electron chi connectivity index (χ3n) is 1.25. The van der Waals surface area contributed by atoms with Crippen molar-refractivity contribution in [3.8, 4) is 0 Å². The molecule has 0 atom stereocenters. The maximum Gasteiger partial charge on any atom is 0.217 e. The number of hydrogen-bond acceptors (Lipinski definition) is 1. The summed E-state index contributed by atoms with van der Waals surface area (Å²) in [4.78, 5) is 10.4. The topological polar surface area (TPSA) is 43.1 Å². The van der Waals surface area contributed by atoms with Crippen molar-refractivity contribution < 1.29 is 6.22 Å². The minimum atomic E-state index is -0.290. The molecule has 0 aromatic heterocycles. The van der Waals surface area contributed by atoms with E-state index >= 15 is 0 Å². The highest BCUT2D eigenvalue weighted by Gasteiger charge is 1.95. The molecule has 1 amide bonds. The van der Waals surface area contributed by atoms with Crippen molar-refractivity contribution in [2.45, 2.75) is 40.5 Å². The van der Waals surface area contributed by atoms with Crippen molar-refractivity contribution in [3.63, 3.8) is 0 Å². The molecule has 0 unspecified atom stereocenters. The van der Waals surface area contributed by atoms with Gasteiger partial charge in [-0.2, -0.15) is 0 Å². The quantitative estimate of drug-likeness (QED) is 0.693. The molecule has 0 heterocycles. The van der Waals surface area contributed by atoms with E-state index < -0.39 is 0 Å². The second kappa shape index (κ2) is 18.5. The van der Waals surface area contributed by atoms with Crippen LogP contribution in [-0.4, -0.2) is 5.91 Å². The number of nitrogens with two attached hydrogens (primary N) is 1. The Bertz CT molecular complexity index is 198. The third kappa shape index (κ3) is 19.2. The molecule has 0 saturated heterocycles. The van der Waals surface area contributed by atoms with Crippen LogP contribution in [0.3, 0.4) is 0 Å². The summed E-state index contributed by atoms with van der Waals surface area (Å²) in [7, 11) is 0. The molecule has 0 bridgehead atoms. The number of carbonyl (C=O) groups excluding carboxylic acids is 1. The standard InChI is InChI=1S/C9H13NO.2C2H6.H2/c1-3-5-8(4-2)6-7-9(10)11;2*1-2;/h3-5H,1-2,6-7H2,(H2,10,11);2*1-2H3;1H/b8-5+;;;. The summed E-state index contributed by atoms with van der Waals surface area (Å²) in [6.45, 7) is 15.1. The number of hydrogen-bond donors (Lipinski definition) is 1. The van der Waals surface area contributed by atoms with E-state index in [1.54, 1.807) is 12.2 Å². The molecule has 2 N–H and O–H groups in total. The smallest absolute Gasteiger partial charge is 0.217 e. The molecule has 0 fully saturated rings. The van der Waals surface area contributed by atoms with Crippen molar-refractivity contribution in [2.75, 3.05) is 0 Å². The molecule has 90 valence electrons. The fraction of sp³-hybridized carbons (Fsp3) is 0.462. The maximum atomic E-state index is 10.4. The van der Waals surface area contributed by atoms with Crippen LogP contribution in [-0.2, 0) is 4.79 Å². The first kappa shape index (κ1) is 19.3. The Morgan fingerprint density at radius 2 is 1.67 bits per heavy atom. The van der Waals surface area contributed by atoms with Crippen LogP contribution < -0.4 is 5.73 Å². The van der Waals surface area contributed by atoms with Gasteiger partial charge >= 0.3 is 0 Å². The lowest BCUT2D eigenvalue weighted by atomic mass is 10.1. The average molecular weight is 213 g/mol. The molecule has 0 aromatic rings. The molecule has 0 rings (SSSR count). The first-order chi connectivity index (χ1) is 7.20. The normalized spacial score (nSPS) is 8.67. The van der Waals surface area contributed by atoms with Crippen molar-refractivity contribution in [3.05, 3.63) is 37.0 Å². The van der Waals surface area contributed by atoms with E-state index in [4.69, 9.17) is 5.73 Å². The Morgan fingerprint density at radius 1 is 1.20 bits per heavy atom. The van der Waals surface area contributed by atoms with Gasteiger partial charge in [0.05, 0.1) is 0 Å². The zero-order valence-corrected chi connectivity index (χ0v) is 10.5. The van der Waals surface area contributed by atoms with Gasteiger partial charge in [0.1, 0.15) is 0 Å². The van der Waals surface area contributed by atoms with Gasteiger partial charge in [0, 0.05) is 7.85 Å². The number of amides is 1. The Kier molecular flexibility index (Phi) is 23.8. The van der Waals surface area contributed by atoms with Crippen molar-refractivity contribution >= 4 is 5.91 Å². The molecule has 0 aliphatic heterocycles. The zero-order chi connectivity index (χ0) is 12.7. The fourth-order valence-electron chi connectivity index (χ4n) is 0.672. The van der Waals surface area contributed by atoms with Gasteiger partial charge in [-0.15, -0.1) is 0 Å². The Labute approximate surface area is 96.0 Å². The van der Waals surface area contributed by atoms with Crippen LogP contribution in [0, 0.1) is 0 Å². The molecule has 15 heavy (non-hydrogen) atoms. The Balaban J connectivity index is -0.000000129. The summed E-state index contributed by atoms with van der Waals surface area (Å²) < 4.78 is 0. The van der Waals surface area contributed by atoms with Gasteiger partial charge in [-0.05, 0) is 12.0 Å². The number of carbonyl (C=O) groups is 1. The SMILES string of the molecule is C=C/C=C(\C=C)CCC(N)=O.CC.CC.[HH]. The van der Waals surface area contributed by atoms with E-state index in [0.29, 0.717) is 12.8 Å². The zero-order valence-electron chi connectivity index (χ0n) is 10.5. The van der Waals surface area contributed by atoms with Crippen LogP contribution in [0.25, 0.3) is 0 Å². The van der Waals surface area contributed by atoms with Crippen LogP contribution in [0.2, 0.25) is 0 Å². The molecular weight excluding hydrogens is 186 g/mol. The highest BCUT2D eigenvalue weighted by Crippen LogP contribution is 2.05. The molecule has 2 heteroatoms. The van der Waals surface area contributed by atoms with Crippen LogP contribution >= 0.6 is 0 Å². The molecule has 0 aliphatic rings. The van der Waals surface area contributed by atoms with E-state index in [9.17, 15) is 4.79 Å². The van der Waals surface area contributed by atoms with E-state index in [1.165, 1.54) is 0 Å². The maximum absolute atomic E-state index is 10.4. The number of rotatable bonds is 5. The predicted octanol–water partition coefficient (Wildman–Crippen LogP) is 3.85. The Hall–Kier alpha value is -1.31. The minimum Gasteiger partial charge on any atom is -0.370 e. The lowest BCUT2D eigenvalue weighted by Crippen LogP contribution is -2.09. The predicted molar refractivity (Wildman–Crippen MR) is 71.7 cm³/mol. The summed E-state index contributed by atoms with van der Waals surface area (Å²) >= 11 is 0. The van der Waals surface area contributed by atoms with E-state index in [-0.39, 0.29) is 7.33 Å². The minimum absolute atomic E-state index is 0. The van der Waals surface area contributed by atoms with Crippen LogP contribution in [0.5, 0.6) is 0 Å². The van der Waals surface area contributed by atoms with Crippen molar-refractivity contribution in [2.24, 2.45) is 5.73 Å². The van der Waals surface area contributed by atoms with Gasteiger partial charge in [0.2, 0.25) is 5.91 Å². The summed E-state index contributed by atoms with van der Waals surface area (Å²) in [5.41, 5.74) is 5.95. The van der Waals surface area contributed by atoms with Gasteiger partial charge in [0.25, 0.3) is 0 Å². The molecule has 0 aliphatic carbocycles. The molecule has 0 radical (unpaired) electrons. The van der Waals surface area contributed by atoms with Gasteiger partial charge in [-0.1, -0.05) is 59.1 Å². The lowest BCUT2D eigenvalue weighted by molar-refractivity contribution is -0.117. The van der Waals surface area contributed by atoms with E-state index in [1.807, 2.05) is 33.8 Å². The van der Waals surface area contributed by atoms with Crippen molar-refractivity contribution in [1.82, 2.24) is 0 Å². The second-order valence-corrected chi connectivity index (χ2v) is 2.15. The summed E-state index contributed by atoms with van der Waals surface area (Å²) in [6, 6.07) is 0. The third-order valence-corrected chi connectivity index (χ3v) is 1.25. The summed E-state index contributed by atoms with van der Waals surface area (Å²) in [6.07, 6.45) is 6.19. The first-order valence-corrected chi connectivity index (χ1v) is 5.43. The second-order valence-electron chi connectivity index (χ2n) is 2.15. The first-order valence-electron chi connectivity index (χ1n) is 5.43. The highest BCUT2D eigenvalue weighted by atomic mass is 16.1. The van der Waals surface area contributed by atoms with Gasteiger partial charge in [-0.25, -0.2) is 0 Å². The molecule has 0 spiro atoms. The molecular formula is C13H27NO. The monoisotopic (exact) mass is 213 g/mol. The van der Waals surface area contributed by atoms with Crippen molar-refractivity contribution in [1.29, 1.82) is 0 Å². The van der Waals surface area contributed by atoms with Crippen LogP contribution in [0.4, 0.5) is 0 Å². The largest absolute Gasteiger partial charge is 0.370 e. The number of allylic oxidation sites excluding steroid dienone is 4. The molecule has 2 nitrogen and oxygen atoms in total. The average Bonchev–Trinajstić information content (AvgIpc) is 2.29. The summed E-state index contributed by atoms with van der Waals surface area (Å²) in [5.74, 6) is -0.290. The molecule has 0 aromatic carbocycles. The van der Waals surface area contributed by atoms with Gasteiger partial charge in [0.15, 0.2) is 0 Å². The van der Waals surface area contributed by atoms with Crippen LogP contribution in [0.1, 0.15) is 42.0 Å². The Morgan fingerprint density at radius 3 is 1.93 bits per heavy atom. The molecule has 0 saturated carbocycles. The lowest BCUT2D eigenvalue weighted by Gasteiger charge is -1.96.